The van der Waals surface area contributed by atoms with Crippen LogP contribution in [0.2, 0.25) is 0 Å². The summed E-state index contributed by atoms with van der Waals surface area (Å²) in [6, 6.07) is 15.7. The number of benzene rings is 2. The van der Waals surface area contributed by atoms with Gasteiger partial charge in [-0.25, -0.2) is 0 Å². The van der Waals surface area contributed by atoms with E-state index in [1.54, 1.807) is 53.7 Å². The normalized spacial score (nSPS) is 12.2. The molecule has 1 aliphatic heterocycles. The van der Waals surface area contributed by atoms with Gasteiger partial charge in [0.2, 0.25) is 5.91 Å². The van der Waals surface area contributed by atoms with Crippen LogP contribution in [0.4, 0.5) is 17.1 Å². The summed E-state index contributed by atoms with van der Waals surface area (Å²) < 4.78 is 0. The van der Waals surface area contributed by atoms with Crippen LogP contribution in [-0.2, 0) is 11.2 Å². The van der Waals surface area contributed by atoms with Crippen molar-refractivity contribution >= 4 is 34.8 Å². The standard InChI is InChI=1S/C23H20N4O3/c1-15(28)25-19-6-2-4-17(12-19)22(29)26-20-8-7-16-9-11-27(21(16)13-20)23(30)18-5-3-10-24-14-18/h2-8,10,12-14H,9,11H2,1H3,(H,25,28)(H,26,29). The zero-order valence-corrected chi connectivity index (χ0v) is 16.4. The van der Waals surface area contributed by atoms with Gasteiger partial charge in [-0.3, -0.25) is 19.4 Å². The summed E-state index contributed by atoms with van der Waals surface area (Å²) in [7, 11) is 0. The van der Waals surface area contributed by atoms with Gasteiger partial charge in [0.05, 0.1) is 5.56 Å². The minimum absolute atomic E-state index is 0.117. The summed E-state index contributed by atoms with van der Waals surface area (Å²) in [5.41, 5.74) is 3.93. The number of nitrogens with zero attached hydrogens (tertiary/aromatic N) is 2. The van der Waals surface area contributed by atoms with Gasteiger partial charge < -0.3 is 15.5 Å². The highest BCUT2D eigenvalue weighted by Gasteiger charge is 2.26. The minimum Gasteiger partial charge on any atom is -0.326 e. The first kappa shape index (κ1) is 19.3. The van der Waals surface area contributed by atoms with Crippen molar-refractivity contribution in [2.75, 3.05) is 22.1 Å². The average Bonchev–Trinajstić information content (AvgIpc) is 3.17. The van der Waals surface area contributed by atoms with E-state index in [0.717, 1.165) is 17.7 Å². The first-order valence-electron chi connectivity index (χ1n) is 9.55. The number of hydrogen-bond acceptors (Lipinski definition) is 4. The fraction of sp³-hybridized carbons (Fsp3) is 0.130. The summed E-state index contributed by atoms with van der Waals surface area (Å²) in [4.78, 5) is 42.5. The van der Waals surface area contributed by atoms with E-state index >= 15 is 0 Å². The zero-order valence-electron chi connectivity index (χ0n) is 16.4. The van der Waals surface area contributed by atoms with E-state index < -0.39 is 0 Å². The largest absolute Gasteiger partial charge is 0.326 e. The Labute approximate surface area is 173 Å². The third kappa shape index (κ3) is 4.05. The van der Waals surface area contributed by atoms with Gasteiger partial charge >= 0.3 is 0 Å². The summed E-state index contributed by atoms with van der Waals surface area (Å²) in [6.07, 6.45) is 3.94. The van der Waals surface area contributed by atoms with Crippen LogP contribution in [0, 0.1) is 0 Å². The Morgan fingerprint density at radius 1 is 0.933 bits per heavy atom. The van der Waals surface area contributed by atoms with Crippen LogP contribution in [0.5, 0.6) is 0 Å². The molecule has 7 nitrogen and oxygen atoms in total. The van der Waals surface area contributed by atoms with Gasteiger partial charge in [0.15, 0.2) is 0 Å². The minimum atomic E-state index is -0.301. The number of fused-ring (bicyclic) bond motifs is 1. The van der Waals surface area contributed by atoms with Crippen molar-refractivity contribution in [3.63, 3.8) is 0 Å². The summed E-state index contributed by atoms with van der Waals surface area (Å²) in [6.45, 7) is 2.00. The SMILES string of the molecule is CC(=O)Nc1cccc(C(=O)Nc2ccc3c(c2)N(C(=O)c2cccnc2)CC3)c1. The van der Waals surface area contributed by atoms with Crippen molar-refractivity contribution in [1.29, 1.82) is 0 Å². The van der Waals surface area contributed by atoms with Crippen molar-refractivity contribution in [3.05, 3.63) is 83.7 Å². The lowest BCUT2D eigenvalue weighted by Gasteiger charge is -2.18. The molecule has 3 aromatic rings. The Kier molecular flexibility index (Phi) is 5.26. The Morgan fingerprint density at radius 2 is 1.73 bits per heavy atom. The maximum atomic E-state index is 12.9. The maximum Gasteiger partial charge on any atom is 0.259 e. The smallest absolute Gasteiger partial charge is 0.259 e. The molecule has 0 bridgehead atoms. The molecule has 0 radical (unpaired) electrons. The maximum absolute atomic E-state index is 12.9. The predicted octanol–water partition coefficient (Wildman–Crippen LogP) is 3.50. The first-order chi connectivity index (χ1) is 14.5. The molecule has 0 saturated carbocycles. The van der Waals surface area contributed by atoms with Crippen LogP contribution < -0.4 is 15.5 Å². The number of amides is 3. The Morgan fingerprint density at radius 3 is 2.50 bits per heavy atom. The number of nitrogens with one attached hydrogen (secondary N) is 2. The van der Waals surface area contributed by atoms with E-state index in [9.17, 15) is 14.4 Å². The van der Waals surface area contributed by atoms with Gasteiger partial charge in [-0.1, -0.05) is 12.1 Å². The summed E-state index contributed by atoms with van der Waals surface area (Å²) in [5.74, 6) is -0.622. The van der Waals surface area contributed by atoms with Crippen molar-refractivity contribution in [2.24, 2.45) is 0 Å². The molecule has 2 aromatic carbocycles. The molecule has 0 spiro atoms. The second-order valence-electron chi connectivity index (χ2n) is 7.01. The zero-order chi connectivity index (χ0) is 21.1. The van der Waals surface area contributed by atoms with Crippen LogP contribution in [0.3, 0.4) is 0 Å². The van der Waals surface area contributed by atoms with E-state index in [1.165, 1.54) is 6.92 Å². The van der Waals surface area contributed by atoms with Crippen molar-refractivity contribution < 1.29 is 14.4 Å². The fourth-order valence-electron chi connectivity index (χ4n) is 3.46. The third-order valence-corrected chi connectivity index (χ3v) is 4.84. The molecule has 0 saturated heterocycles. The quantitative estimate of drug-likeness (QED) is 0.701. The highest BCUT2D eigenvalue weighted by atomic mass is 16.2. The molecule has 30 heavy (non-hydrogen) atoms. The number of carbonyl (C=O) groups is 3. The van der Waals surface area contributed by atoms with Gasteiger partial charge in [0.25, 0.3) is 11.8 Å². The molecule has 1 aliphatic rings. The lowest BCUT2D eigenvalue weighted by atomic mass is 10.1. The highest BCUT2D eigenvalue weighted by Crippen LogP contribution is 2.32. The van der Waals surface area contributed by atoms with E-state index in [0.29, 0.717) is 29.0 Å². The molecule has 0 atom stereocenters. The van der Waals surface area contributed by atoms with E-state index in [1.807, 2.05) is 18.2 Å². The number of pyridine rings is 1. The molecule has 2 heterocycles. The Balaban J connectivity index is 1.54. The van der Waals surface area contributed by atoms with Crippen LogP contribution in [0.15, 0.2) is 67.0 Å². The van der Waals surface area contributed by atoms with Crippen LogP contribution in [-0.4, -0.2) is 29.3 Å². The van der Waals surface area contributed by atoms with Crippen molar-refractivity contribution in [2.45, 2.75) is 13.3 Å². The number of carbonyl (C=O) groups excluding carboxylic acids is 3. The molecule has 2 N–H and O–H groups in total. The van der Waals surface area contributed by atoms with Gasteiger partial charge in [-0.2, -0.15) is 0 Å². The summed E-state index contributed by atoms with van der Waals surface area (Å²) >= 11 is 0. The predicted molar refractivity (Wildman–Crippen MR) is 115 cm³/mol. The molecule has 150 valence electrons. The lowest BCUT2D eigenvalue weighted by Crippen LogP contribution is -2.29. The molecule has 0 unspecified atom stereocenters. The fourth-order valence-corrected chi connectivity index (χ4v) is 3.46. The molecule has 4 rings (SSSR count). The van der Waals surface area contributed by atoms with Gasteiger partial charge in [0.1, 0.15) is 0 Å². The van der Waals surface area contributed by atoms with Crippen molar-refractivity contribution in [3.8, 4) is 0 Å². The number of aromatic nitrogens is 1. The third-order valence-electron chi connectivity index (χ3n) is 4.84. The Bertz CT molecular complexity index is 1130. The molecule has 7 heteroatoms. The van der Waals surface area contributed by atoms with E-state index in [4.69, 9.17) is 0 Å². The van der Waals surface area contributed by atoms with Crippen LogP contribution in [0.1, 0.15) is 33.2 Å². The molecular formula is C23H20N4O3. The average molecular weight is 400 g/mol. The number of hydrogen-bond donors (Lipinski definition) is 2. The van der Waals surface area contributed by atoms with E-state index in [2.05, 4.69) is 15.6 Å². The summed E-state index contributed by atoms with van der Waals surface area (Å²) in [5, 5.41) is 5.53. The molecule has 1 aromatic heterocycles. The van der Waals surface area contributed by atoms with E-state index in [-0.39, 0.29) is 17.7 Å². The Hall–Kier alpha value is -4.00. The van der Waals surface area contributed by atoms with Gasteiger partial charge in [-0.05, 0) is 54.4 Å². The van der Waals surface area contributed by atoms with Gasteiger partial charge in [0, 0.05) is 48.5 Å². The number of rotatable bonds is 4. The van der Waals surface area contributed by atoms with Crippen molar-refractivity contribution in [1.82, 2.24) is 4.98 Å². The molecule has 3 amide bonds. The lowest BCUT2D eigenvalue weighted by molar-refractivity contribution is -0.114. The van der Waals surface area contributed by atoms with Crippen LogP contribution in [0.25, 0.3) is 0 Å². The van der Waals surface area contributed by atoms with Gasteiger partial charge in [-0.15, -0.1) is 0 Å². The molecule has 0 fully saturated rings. The topological polar surface area (TPSA) is 91.4 Å². The molecule has 0 aliphatic carbocycles. The highest BCUT2D eigenvalue weighted by molar-refractivity contribution is 6.08. The monoisotopic (exact) mass is 400 g/mol. The first-order valence-corrected chi connectivity index (χ1v) is 9.55. The second kappa shape index (κ2) is 8.16. The molecular weight excluding hydrogens is 380 g/mol. The second-order valence-corrected chi connectivity index (χ2v) is 7.01. The van der Waals surface area contributed by atoms with Crippen LogP contribution >= 0.6 is 0 Å². The number of anilines is 3.